The van der Waals surface area contributed by atoms with E-state index in [2.05, 4.69) is 21.2 Å². The number of aromatic hydroxyl groups is 1. The summed E-state index contributed by atoms with van der Waals surface area (Å²) in [6.45, 7) is 1.22. The van der Waals surface area contributed by atoms with Gasteiger partial charge in [-0.05, 0) is 22.0 Å². The summed E-state index contributed by atoms with van der Waals surface area (Å²) in [4.78, 5) is 0. The van der Waals surface area contributed by atoms with Crippen molar-refractivity contribution in [2.75, 3.05) is 6.54 Å². The molecule has 3 nitrogen and oxygen atoms in total. The van der Waals surface area contributed by atoms with E-state index in [4.69, 9.17) is 5.26 Å². The van der Waals surface area contributed by atoms with Crippen LogP contribution in [-0.2, 0) is 6.54 Å². The van der Waals surface area contributed by atoms with Crippen LogP contribution in [0, 0.1) is 11.3 Å². The third-order valence-electron chi connectivity index (χ3n) is 1.80. The maximum absolute atomic E-state index is 9.60. The number of phenolic OH excluding ortho intramolecular Hbond substituents is 1. The Morgan fingerprint density at radius 2 is 2.29 bits per heavy atom. The van der Waals surface area contributed by atoms with Gasteiger partial charge in [0.2, 0.25) is 0 Å². The molecule has 0 spiro atoms. The van der Waals surface area contributed by atoms with Crippen molar-refractivity contribution in [1.29, 1.82) is 5.26 Å². The minimum Gasteiger partial charge on any atom is -0.506 e. The van der Waals surface area contributed by atoms with Crippen LogP contribution >= 0.6 is 15.9 Å². The molecular weight excluding hydrogens is 244 g/mol. The van der Waals surface area contributed by atoms with Crippen molar-refractivity contribution in [3.05, 3.63) is 28.2 Å². The molecule has 0 atom stereocenters. The van der Waals surface area contributed by atoms with Gasteiger partial charge in [0.05, 0.1) is 10.5 Å². The second kappa shape index (κ2) is 5.63. The molecule has 0 aliphatic carbocycles. The zero-order valence-corrected chi connectivity index (χ0v) is 9.21. The minimum atomic E-state index is 0.261. The summed E-state index contributed by atoms with van der Waals surface area (Å²) in [5.74, 6) is 0.261. The molecule has 1 rings (SSSR count). The van der Waals surface area contributed by atoms with Crippen LogP contribution in [0.15, 0.2) is 22.7 Å². The molecular formula is C10H11BrN2O. The van der Waals surface area contributed by atoms with Crippen LogP contribution in [0.1, 0.15) is 12.0 Å². The van der Waals surface area contributed by atoms with Crippen LogP contribution in [0.5, 0.6) is 5.75 Å². The fourth-order valence-corrected chi connectivity index (χ4v) is 1.48. The lowest BCUT2D eigenvalue weighted by atomic mass is 10.2. The van der Waals surface area contributed by atoms with E-state index in [1.807, 2.05) is 18.2 Å². The van der Waals surface area contributed by atoms with Gasteiger partial charge in [0.15, 0.2) is 0 Å². The number of phenols is 1. The van der Waals surface area contributed by atoms with Crippen molar-refractivity contribution >= 4 is 15.9 Å². The van der Waals surface area contributed by atoms with Crippen molar-refractivity contribution in [2.45, 2.75) is 13.0 Å². The summed E-state index contributed by atoms with van der Waals surface area (Å²) in [5, 5.41) is 21.0. The number of para-hydroxylation sites is 1. The fourth-order valence-electron chi connectivity index (χ4n) is 1.07. The zero-order chi connectivity index (χ0) is 10.4. The molecule has 1 aromatic rings. The summed E-state index contributed by atoms with van der Waals surface area (Å²) in [6, 6.07) is 7.54. The average molecular weight is 255 g/mol. The van der Waals surface area contributed by atoms with Gasteiger partial charge in [-0.2, -0.15) is 5.26 Å². The number of rotatable bonds is 4. The largest absolute Gasteiger partial charge is 0.506 e. The number of nitrogens with one attached hydrogen (secondary N) is 1. The van der Waals surface area contributed by atoms with E-state index >= 15 is 0 Å². The minimum absolute atomic E-state index is 0.261. The number of benzene rings is 1. The summed E-state index contributed by atoms with van der Waals surface area (Å²) >= 11 is 3.24. The molecule has 0 fully saturated rings. The molecule has 0 aromatic heterocycles. The van der Waals surface area contributed by atoms with Crippen LogP contribution in [0.4, 0.5) is 0 Å². The number of nitrogens with zero attached hydrogens (tertiary/aromatic N) is 1. The van der Waals surface area contributed by atoms with Gasteiger partial charge in [-0.25, -0.2) is 0 Å². The molecule has 0 saturated heterocycles. The number of hydrogen-bond acceptors (Lipinski definition) is 3. The maximum atomic E-state index is 9.60. The van der Waals surface area contributed by atoms with Gasteiger partial charge in [-0.15, -0.1) is 0 Å². The second-order valence-electron chi connectivity index (χ2n) is 2.83. The van der Waals surface area contributed by atoms with Gasteiger partial charge in [0, 0.05) is 25.1 Å². The van der Waals surface area contributed by atoms with Crippen LogP contribution in [0.2, 0.25) is 0 Å². The SMILES string of the molecule is N#CCCNCc1cccc(Br)c1O. The molecule has 0 amide bonds. The first-order valence-corrected chi connectivity index (χ1v) is 5.09. The van der Waals surface area contributed by atoms with Crippen molar-refractivity contribution < 1.29 is 5.11 Å². The van der Waals surface area contributed by atoms with E-state index in [0.29, 0.717) is 24.0 Å². The molecule has 1 aromatic carbocycles. The third kappa shape index (κ3) is 3.02. The topological polar surface area (TPSA) is 56.0 Å². The van der Waals surface area contributed by atoms with Crippen molar-refractivity contribution in [3.8, 4) is 11.8 Å². The molecule has 0 saturated carbocycles. The molecule has 0 bridgehead atoms. The number of hydrogen-bond donors (Lipinski definition) is 2. The van der Waals surface area contributed by atoms with E-state index in [1.165, 1.54) is 0 Å². The molecule has 0 aliphatic rings. The maximum Gasteiger partial charge on any atom is 0.134 e. The molecule has 0 radical (unpaired) electrons. The number of nitriles is 1. The highest BCUT2D eigenvalue weighted by molar-refractivity contribution is 9.10. The fraction of sp³-hybridized carbons (Fsp3) is 0.300. The third-order valence-corrected chi connectivity index (χ3v) is 2.44. The Bertz CT molecular complexity index is 346. The highest BCUT2D eigenvalue weighted by atomic mass is 79.9. The molecule has 74 valence electrons. The van der Waals surface area contributed by atoms with E-state index in [-0.39, 0.29) is 5.75 Å². The first kappa shape index (κ1) is 11.0. The molecule has 0 aliphatic heterocycles. The average Bonchev–Trinajstić information content (AvgIpc) is 2.19. The Labute approximate surface area is 91.5 Å². The molecule has 4 heteroatoms. The standard InChI is InChI=1S/C10H11BrN2O/c11-9-4-1-3-8(10(9)14)7-13-6-2-5-12/h1,3-4,13-14H,2,6-7H2. The van der Waals surface area contributed by atoms with Crippen molar-refractivity contribution in [1.82, 2.24) is 5.32 Å². The van der Waals surface area contributed by atoms with Gasteiger partial charge in [-0.1, -0.05) is 12.1 Å². The normalized spacial score (nSPS) is 9.71. The van der Waals surface area contributed by atoms with Gasteiger partial charge >= 0.3 is 0 Å². The molecule has 14 heavy (non-hydrogen) atoms. The highest BCUT2D eigenvalue weighted by Crippen LogP contribution is 2.26. The van der Waals surface area contributed by atoms with Crippen LogP contribution < -0.4 is 5.32 Å². The second-order valence-corrected chi connectivity index (χ2v) is 3.69. The first-order chi connectivity index (χ1) is 6.75. The first-order valence-electron chi connectivity index (χ1n) is 4.29. The monoisotopic (exact) mass is 254 g/mol. The molecule has 2 N–H and O–H groups in total. The Morgan fingerprint density at radius 1 is 1.50 bits per heavy atom. The summed E-state index contributed by atoms with van der Waals surface area (Å²) in [6.07, 6.45) is 0.481. The van der Waals surface area contributed by atoms with E-state index in [9.17, 15) is 5.11 Å². The zero-order valence-electron chi connectivity index (χ0n) is 7.63. The van der Waals surface area contributed by atoms with Crippen LogP contribution in [0.25, 0.3) is 0 Å². The van der Waals surface area contributed by atoms with Crippen molar-refractivity contribution in [3.63, 3.8) is 0 Å². The lowest BCUT2D eigenvalue weighted by Crippen LogP contribution is -2.14. The summed E-state index contributed by atoms with van der Waals surface area (Å²) in [7, 11) is 0. The van der Waals surface area contributed by atoms with Gasteiger partial charge in [0.1, 0.15) is 5.75 Å². The highest BCUT2D eigenvalue weighted by Gasteiger charge is 2.03. The Kier molecular flexibility index (Phi) is 4.44. The summed E-state index contributed by atoms with van der Waals surface area (Å²) < 4.78 is 0.692. The van der Waals surface area contributed by atoms with Crippen LogP contribution in [-0.4, -0.2) is 11.7 Å². The Hall–Kier alpha value is -1.05. The predicted molar refractivity (Wildman–Crippen MR) is 57.7 cm³/mol. The Balaban J connectivity index is 2.51. The summed E-state index contributed by atoms with van der Waals surface area (Å²) in [5.41, 5.74) is 0.831. The van der Waals surface area contributed by atoms with E-state index in [1.54, 1.807) is 6.07 Å². The van der Waals surface area contributed by atoms with Gasteiger partial charge in [0.25, 0.3) is 0 Å². The van der Waals surface area contributed by atoms with E-state index < -0.39 is 0 Å². The lowest BCUT2D eigenvalue weighted by molar-refractivity contribution is 0.461. The molecule has 0 unspecified atom stereocenters. The van der Waals surface area contributed by atoms with E-state index in [0.717, 1.165) is 5.56 Å². The molecule has 0 heterocycles. The van der Waals surface area contributed by atoms with Crippen LogP contribution in [0.3, 0.4) is 0 Å². The Morgan fingerprint density at radius 3 is 3.00 bits per heavy atom. The van der Waals surface area contributed by atoms with Crippen molar-refractivity contribution in [2.24, 2.45) is 0 Å². The lowest BCUT2D eigenvalue weighted by Gasteiger charge is -2.06. The van der Waals surface area contributed by atoms with Gasteiger partial charge < -0.3 is 10.4 Å². The van der Waals surface area contributed by atoms with Gasteiger partial charge in [-0.3, -0.25) is 0 Å². The number of halogens is 1. The quantitative estimate of drug-likeness (QED) is 0.810. The predicted octanol–water partition coefficient (Wildman–Crippen LogP) is 2.16. The smallest absolute Gasteiger partial charge is 0.134 e.